The van der Waals surface area contributed by atoms with E-state index in [4.69, 9.17) is 0 Å². The molecule has 16 heavy (non-hydrogen) atoms. The van der Waals surface area contributed by atoms with Crippen molar-refractivity contribution in [3.05, 3.63) is 57.4 Å². The minimum Gasteiger partial charge on any atom is -0.381 e. The van der Waals surface area contributed by atoms with E-state index >= 15 is 0 Å². The number of nitrogens with one attached hydrogen (secondary N) is 1. The maximum Gasteiger partial charge on any atom is 0.0422 e. The van der Waals surface area contributed by atoms with Gasteiger partial charge in [-0.25, -0.2) is 0 Å². The van der Waals surface area contributed by atoms with E-state index in [1.165, 1.54) is 9.13 Å². The quantitative estimate of drug-likeness (QED) is 0.873. The van der Waals surface area contributed by atoms with Gasteiger partial charge in [-0.1, -0.05) is 12.1 Å². The first-order valence-corrected chi connectivity index (χ1v) is 6.23. The van der Waals surface area contributed by atoms with Gasteiger partial charge in [0, 0.05) is 27.7 Å². The molecule has 1 aromatic heterocycles. The lowest BCUT2D eigenvalue weighted by molar-refractivity contribution is 1.06. The molecule has 2 nitrogen and oxygen atoms in total. The van der Waals surface area contributed by atoms with Crippen LogP contribution in [0.2, 0.25) is 0 Å². The second-order valence-electron chi connectivity index (χ2n) is 3.61. The Labute approximate surface area is 109 Å². The van der Waals surface area contributed by atoms with E-state index in [2.05, 4.69) is 63.2 Å². The van der Waals surface area contributed by atoms with Crippen molar-refractivity contribution in [2.45, 2.75) is 13.5 Å². The fourth-order valence-electron chi connectivity index (χ4n) is 1.50. The molecular weight excluding hydrogens is 311 g/mol. The van der Waals surface area contributed by atoms with E-state index in [0.29, 0.717) is 0 Å². The molecule has 3 heteroatoms. The highest BCUT2D eigenvalue weighted by atomic mass is 127. The van der Waals surface area contributed by atoms with Gasteiger partial charge in [0.15, 0.2) is 0 Å². The predicted molar refractivity (Wildman–Crippen MR) is 75.5 cm³/mol. The Morgan fingerprint density at radius 3 is 2.88 bits per heavy atom. The third-order valence-corrected chi connectivity index (χ3v) is 3.09. The van der Waals surface area contributed by atoms with Gasteiger partial charge in [0.2, 0.25) is 0 Å². The fourth-order valence-corrected chi connectivity index (χ4v) is 2.04. The van der Waals surface area contributed by atoms with Gasteiger partial charge < -0.3 is 5.32 Å². The lowest BCUT2D eigenvalue weighted by Gasteiger charge is -2.08. The molecule has 0 aliphatic heterocycles. The summed E-state index contributed by atoms with van der Waals surface area (Å²) in [5, 5.41) is 3.40. The molecule has 82 valence electrons. The number of benzene rings is 1. The number of pyridine rings is 1. The molecule has 0 spiro atoms. The van der Waals surface area contributed by atoms with Crippen LogP contribution >= 0.6 is 22.6 Å². The molecular formula is C13H13IN2. The number of aryl methyl sites for hydroxylation is 1. The monoisotopic (exact) mass is 324 g/mol. The molecule has 0 amide bonds. The zero-order valence-corrected chi connectivity index (χ0v) is 11.2. The molecule has 2 aromatic rings. The summed E-state index contributed by atoms with van der Waals surface area (Å²) in [6, 6.07) is 12.4. The van der Waals surface area contributed by atoms with E-state index in [1.54, 1.807) is 0 Å². The molecule has 0 saturated heterocycles. The first kappa shape index (κ1) is 11.4. The van der Waals surface area contributed by atoms with Crippen molar-refractivity contribution < 1.29 is 0 Å². The zero-order chi connectivity index (χ0) is 11.4. The summed E-state index contributed by atoms with van der Waals surface area (Å²) in [7, 11) is 0. The molecule has 1 heterocycles. The van der Waals surface area contributed by atoms with Gasteiger partial charge in [-0.05, 0) is 59.3 Å². The number of hydrogen-bond acceptors (Lipinski definition) is 2. The van der Waals surface area contributed by atoms with Gasteiger partial charge >= 0.3 is 0 Å². The molecule has 1 aromatic carbocycles. The third-order valence-electron chi connectivity index (χ3n) is 2.42. The Morgan fingerprint density at radius 1 is 1.25 bits per heavy atom. The van der Waals surface area contributed by atoms with Crippen LogP contribution in [-0.4, -0.2) is 4.98 Å². The SMILES string of the molecule is Cc1ncccc1CNc1cccc(I)c1. The lowest BCUT2D eigenvalue weighted by atomic mass is 10.2. The summed E-state index contributed by atoms with van der Waals surface area (Å²) in [6.07, 6.45) is 1.82. The van der Waals surface area contributed by atoms with Crippen molar-refractivity contribution in [1.82, 2.24) is 4.98 Å². The van der Waals surface area contributed by atoms with Gasteiger partial charge in [0.1, 0.15) is 0 Å². The Kier molecular flexibility index (Phi) is 3.77. The number of halogens is 1. The van der Waals surface area contributed by atoms with Gasteiger partial charge in [-0.3, -0.25) is 4.98 Å². The Morgan fingerprint density at radius 2 is 2.12 bits per heavy atom. The first-order chi connectivity index (χ1) is 7.75. The second-order valence-corrected chi connectivity index (χ2v) is 4.86. The highest BCUT2D eigenvalue weighted by molar-refractivity contribution is 14.1. The summed E-state index contributed by atoms with van der Waals surface area (Å²) in [5.41, 5.74) is 3.47. The number of aromatic nitrogens is 1. The third kappa shape index (κ3) is 2.95. The maximum atomic E-state index is 4.27. The minimum absolute atomic E-state index is 0.819. The van der Waals surface area contributed by atoms with Gasteiger partial charge in [0.05, 0.1) is 0 Å². The number of rotatable bonds is 3. The molecule has 0 saturated carbocycles. The molecule has 0 atom stereocenters. The van der Waals surface area contributed by atoms with Gasteiger partial charge in [0.25, 0.3) is 0 Å². The van der Waals surface area contributed by atoms with E-state index in [1.807, 2.05) is 19.2 Å². The number of nitrogens with zero attached hydrogens (tertiary/aromatic N) is 1. The molecule has 0 fully saturated rings. The van der Waals surface area contributed by atoms with Crippen LogP contribution in [0.4, 0.5) is 5.69 Å². The Hall–Kier alpha value is -1.10. The molecule has 0 radical (unpaired) electrons. The molecule has 0 bridgehead atoms. The summed E-state index contributed by atoms with van der Waals surface area (Å²) >= 11 is 2.31. The first-order valence-electron chi connectivity index (χ1n) is 5.15. The molecule has 0 unspecified atom stereocenters. The van der Waals surface area contributed by atoms with Crippen molar-refractivity contribution in [3.63, 3.8) is 0 Å². The number of hydrogen-bond donors (Lipinski definition) is 1. The highest BCUT2D eigenvalue weighted by Crippen LogP contribution is 2.14. The van der Waals surface area contributed by atoms with Crippen LogP contribution in [0.5, 0.6) is 0 Å². The Bertz CT molecular complexity index is 483. The van der Waals surface area contributed by atoms with Crippen LogP contribution in [0.1, 0.15) is 11.3 Å². The van der Waals surface area contributed by atoms with Crippen LogP contribution in [-0.2, 0) is 6.54 Å². The minimum atomic E-state index is 0.819. The average Bonchev–Trinajstić information content (AvgIpc) is 2.28. The van der Waals surface area contributed by atoms with Crippen molar-refractivity contribution >= 4 is 28.3 Å². The standard InChI is InChI=1S/C13H13IN2/c1-10-11(4-3-7-15-10)9-16-13-6-2-5-12(14)8-13/h2-8,16H,9H2,1H3. The predicted octanol–water partition coefficient (Wildman–Crippen LogP) is 3.61. The van der Waals surface area contributed by atoms with Crippen LogP contribution < -0.4 is 5.32 Å². The van der Waals surface area contributed by atoms with Crippen LogP contribution in [0.3, 0.4) is 0 Å². The smallest absolute Gasteiger partial charge is 0.0422 e. The average molecular weight is 324 g/mol. The summed E-state index contributed by atoms with van der Waals surface area (Å²) in [5.74, 6) is 0. The molecule has 1 N–H and O–H groups in total. The van der Waals surface area contributed by atoms with E-state index in [9.17, 15) is 0 Å². The topological polar surface area (TPSA) is 24.9 Å². The van der Waals surface area contributed by atoms with E-state index in [0.717, 1.165) is 17.9 Å². The maximum absolute atomic E-state index is 4.27. The Balaban J connectivity index is 2.05. The summed E-state index contributed by atoms with van der Waals surface area (Å²) in [6.45, 7) is 2.85. The van der Waals surface area contributed by atoms with Crippen molar-refractivity contribution in [2.24, 2.45) is 0 Å². The second kappa shape index (κ2) is 5.30. The van der Waals surface area contributed by atoms with E-state index in [-0.39, 0.29) is 0 Å². The van der Waals surface area contributed by atoms with Crippen LogP contribution in [0, 0.1) is 10.5 Å². The van der Waals surface area contributed by atoms with Crippen molar-refractivity contribution in [1.29, 1.82) is 0 Å². The van der Waals surface area contributed by atoms with Gasteiger partial charge in [-0.2, -0.15) is 0 Å². The normalized spacial score (nSPS) is 10.1. The zero-order valence-electron chi connectivity index (χ0n) is 9.07. The summed E-state index contributed by atoms with van der Waals surface area (Å²) in [4.78, 5) is 4.27. The van der Waals surface area contributed by atoms with Crippen LogP contribution in [0.25, 0.3) is 0 Å². The van der Waals surface area contributed by atoms with Crippen molar-refractivity contribution in [2.75, 3.05) is 5.32 Å². The van der Waals surface area contributed by atoms with Crippen LogP contribution in [0.15, 0.2) is 42.6 Å². The summed E-state index contributed by atoms with van der Waals surface area (Å²) < 4.78 is 1.24. The molecule has 0 aliphatic carbocycles. The highest BCUT2D eigenvalue weighted by Gasteiger charge is 1.98. The van der Waals surface area contributed by atoms with E-state index < -0.39 is 0 Å². The lowest BCUT2D eigenvalue weighted by Crippen LogP contribution is -2.02. The number of anilines is 1. The molecule has 0 aliphatic rings. The van der Waals surface area contributed by atoms with Gasteiger partial charge in [-0.15, -0.1) is 0 Å². The molecule has 2 rings (SSSR count). The largest absolute Gasteiger partial charge is 0.381 e. The van der Waals surface area contributed by atoms with Crippen molar-refractivity contribution in [3.8, 4) is 0 Å². The fraction of sp³-hybridized carbons (Fsp3) is 0.154.